The molecule has 2 nitrogen and oxygen atoms in total. The van der Waals surface area contributed by atoms with Gasteiger partial charge < -0.3 is 10.3 Å². The molecule has 1 aromatic heterocycles. The maximum absolute atomic E-state index is 4.29. The largest absolute Gasteiger partial charge is 0.359 e. The van der Waals surface area contributed by atoms with Gasteiger partial charge in [0, 0.05) is 28.2 Å². The zero-order chi connectivity index (χ0) is 14.0. The molecular formula is C18H22N2. The zero-order valence-corrected chi connectivity index (χ0v) is 12.3. The van der Waals surface area contributed by atoms with E-state index in [-0.39, 0.29) is 0 Å². The van der Waals surface area contributed by atoms with Gasteiger partial charge in [0.25, 0.3) is 0 Å². The molecule has 2 N–H and O–H groups in total. The lowest BCUT2D eigenvalue weighted by Gasteiger charge is -2.11. The molecule has 0 spiro atoms. The molecule has 1 aromatic carbocycles. The molecule has 20 heavy (non-hydrogen) atoms. The lowest BCUT2D eigenvalue weighted by atomic mass is 10.1. The quantitative estimate of drug-likeness (QED) is 0.795. The van der Waals surface area contributed by atoms with Crippen LogP contribution in [0.2, 0.25) is 0 Å². The predicted octanol–water partition coefficient (Wildman–Crippen LogP) is 4.85. The molecule has 4 rings (SSSR count). The summed E-state index contributed by atoms with van der Waals surface area (Å²) in [5.74, 6) is 0. The van der Waals surface area contributed by atoms with E-state index in [4.69, 9.17) is 0 Å². The van der Waals surface area contributed by atoms with Gasteiger partial charge in [-0.1, -0.05) is 32.9 Å². The van der Waals surface area contributed by atoms with Crippen LogP contribution in [0.1, 0.15) is 38.7 Å². The zero-order valence-electron chi connectivity index (χ0n) is 12.3. The molecule has 0 saturated heterocycles. The molecule has 2 fully saturated rings. The number of anilines is 1. The number of hydrogen-bond donors (Lipinski definition) is 2. The molecule has 0 atom stereocenters. The lowest BCUT2D eigenvalue weighted by molar-refractivity contribution is 0.699. The van der Waals surface area contributed by atoms with Crippen LogP contribution in [-0.4, -0.2) is 4.98 Å². The van der Waals surface area contributed by atoms with E-state index in [1.165, 1.54) is 47.1 Å². The van der Waals surface area contributed by atoms with Gasteiger partial charge in [-0.2, -0.15) is 0 Å². The first kappa shape index (κ1) is 12.1. The highest BCUT2D eigenvalue weighted by molar-refractivity contribution is 5.93. The van der Waals surface area contributed by atoms with Gasteiger partial charge in [-0.3, -0.25) is 0 Å². The van der Waals surface area contributed by atoms with Gasteiger partial charge in [0.2, 0.25) is 0 Å². The van der Waals surface area contributed by atoms with Gasteiger partial charge in [-0.25, -0.2) is 0 Å². The standard InChI is InChI=1S/C18H22N2/c1-4-5-13-6-7-15-14(8-13)16(9-19-15)20-12(2)18-10-17(18,3)11-18/h6-9,19-20H,2,4-5,10-11H2,1,3H3. The fraction of sp³-hybridized carbons (Fsp3) is 0.444. The van der Waals surface area contributed by atoms with Crippen LogP contribution in [0, 0.1) is 10.8 Å². The summed E-state index contributed by atoms with van der Waals surface area (Å²) in [7, 11) is 0. The minimum atomic E-state index is 0.414. The monoisotopic (exact) mass is 266 g/mol. The average molecular weight is 266 g/mol. The van der Waals surface area contributed by atoms with Crippen molar-refractivity contribution in [3.8, 4) is 0 Å². The van der Waals surface area contributed by atoms with Gasteiger partial charge >= 0.3 is 0 Å². The van der Waals surface area contributed by atoms with E-state index in [9.17, 15) is 0 Å². The number of aromatic amines is 1. The third kappa shape index (κ3) is 1.51. The molecule has 0 aliphatic heterocycles. The SMILES string of the molecule is C=C(Nc1c[nH]c2ccc(CCC)cc12)C12CC1(C)C2. The Labute approximate surface area is 120 Å². The topological polar surface area (TPSA) is 27.8 Å². The van der Waals surface area contributed by atoms with Crippen molar-refractivity contribution < 1.29 is 0 Å². The fourth-order valence-corrected chi connectivity index (χ4v) is 3.77. The number of rotatable bonds is 5. The first-order valence-electron chi connectivity index (χ1n) is 7.64. The van der Waals surface area contributed by atoms with Crippen molar-refractivity contribution in [1.82, 2.24) is 4.98 Å². The van der Waals surface area contributed by atoms with E-state index >= 15 is 0 Å². The van der Waals surface area contributed by atoms with Crippen LogP contribution in [-0.2, 0) is 6.42 Å². The lowest BCUT2D eigenvalue weighted by Crippen LogP contribution is -2.03. The van der Waals surface area contributed by atoms with Crippen LogP contribution in [0.3, 0.4) is 0 Å². The van der Waals surface area contributed by atoms with Gasteiger partial charge in [0.15, 0.2) is 0 Å². The Balaban J connectivity index is 1.63. The molecule has 2 aliphatic rings. The van der Waals surface area contributed by atoms with E-state index in [1.54, 1.807) is 0 Å². The molecule has 2 aliphatic carbocycles. The molecule has 0 bridgehead atoms. The molecule has 104 valence electrons. The summed E-state index contributed by atoms with van der Waals surface area (Å²) in [5, 5.41) is 4.87. The number of nitrogens with one attached hydrogen (secondary N) is 2. The van der Waals surface area contributed by atoms with E-state index in [1.807, 2.05) is 0 Å². The van der Waals surface area contributed by atoms with E-state index < -0.39 is 0 Å². The summed E-state index contributed by atoms with van der Waals surface area (Å²) in [6.07, 6.45) is 7.03. The second-order valence-electron chi connectivity index (χ2n) is 6.93. The van der Waals surface area contributed by atoms with Crippen LogP contribution in [0.15, 0.2) is 36.7 Å². The van der Waals surface area contributed by atoms with Crippen molar-refractivity contribution in [3.63, 3.8) is 0 Å². The molecule has 1 heterocycles. The second-order valence-corrected chi connectivity index (χ2v) is 6.93. The number of fused-ring (bicyclic) bond motifs is 2. The Morgan fingerprint density at radius 2 is 2.15 bits per heavy atom. The first-order chi connectivity index (χ1) is 9.58. The summed E-state index contributed by atoms with van der Waals surface area (Å²) < 4.78 is 0. The van der Waals surface area contributed by atoms with Crippen molar-refractivity contribution in [1.29, 1.82) is 0 Å². The number of H-pyrrole nitrogens is 1. The molecule has 2 saturated carbocycles. The third-order valence-corrected chi connectivity index (χ3v) is 5.44. The van der Waals surface area contributed by atoms with Crippen LogP contribution >= 0.6 is 0 Å². The van der Waals surface area contributed by atoms with Gasteiger partial charge in [0.05, 0.1) is 5.69 Å². The normalized spacial score (nSPS) is 30.1. The average Bonchev–Trinajstić information content (AvgIpc) is 3.12. The number of allylic oxidation sites excluding steroid dienone is 1. The molecule has 0 radical (unpaired) electrons. The summed E-state index contributed by atoms with van der Waals surface area (Å²) in [6, 6.07) is 6.71. The fourth-order valence-electron chi connectivity index (χ4n) is 3.77. The van der Waals surface area contributed by atoms with E-state index in [0.717, 1.165) is 6.42 Å². The van der Waals surface area contributed by atoms with Crippen LogP contribution in [0.25, 0.3) is 10.9 Å². The summed E-state index contributed by atoms with van der Waals surface area (Å²) in [4.78, 5) is 3.35. The highest BCUT2D eigenvalue weighted by atomic mass is 15.0. The minimum absolute atomic E-state index is 0.414. The Morgan fingerprint density at radius 3 is 2.80 bits per heavy atom. The van der Waals surface area contributed by atoms with Crippen LogP contribution < -0.4 is 5.32 Å². The Bertz CT molecular complexity index is 701. The van der Waals surface area contributed by atoms with Crippen molar-refractivity contribution in [2.75, 3.05) is 5.32 Å². The van der Waals surface area contributed by atoms with E-state index in [2.05, 4.69) is 55.1 Å². The summed E-state index contributed by atoms with van der Waals surface area (Å²) in [6.45, 7) is 8.88. The smallest absolute Gasteiger partial charge is 0.0639 e. The Morgan fingerprint density at radius 1 is 1.40 bits per heavy atom. The molecule has 2 heteroatoms. The van der Waals surface area contributed by atoms with Gasteiger partial charge in [-0.05, 0) is 42.4 Å². The maximum Gasteiger partial charge on any atom is 0.0639 e. The first-order valence-corrected chi connectivity index (χ1v) is 7.64. The Hall–Kier alpha value is -1.70. The molecule has 2 aromatic rings. The van der Waals surface area contributed by atoms with Crippen molar-refractivity contribution in [2.45, 2.75) is 39.5 Å². The summed E-state index contributed by atoms with van der Waals surface area (Å²) in [5.41, 5.74) is 5.98. The number of hydrogen-bond acceptors (Lipinski definition) is 1. The predicted molar refractivity (Wildman–Crippen MR) is 84.8 cm³/mol. The third-order valence-electron chi connectivity index (χ3n) is 5.44. The summed E-state index contributed by atoms with van der Waals surface area (Å²) >= 11 is 0. The highest BCUT2D eigenvalue weighted by Crippen LogP contribution is 2.88. The molecular weight excluding hydrogens is 244 g/mol. The van der Waals surface area contributed by atoms with Gasteiger partial charge in [0.1, 0.15) is 0 Å². The number of aromatic nitrogens is 1. The number of aryl methyl sites for hydroxylation is 1. The minimum Gasteiger partial charge on any atom is -0.359 e. The highest BCUT2D eigenvalue weighted by Gasteiger charge is 2.81. The van der Waals surface area contributed by atoms with Crippen LogP contribution in [0.5, 0.6) is 0 Å². The van der Waals surface area contributed by atoms with Crippen molar-refractivity contribution >= 4 is 16.6 Å². The molecule has 0 unspecified atom stereocenters. The van der Waals surface area contributed by atoms with Crippen molar-refractivity contribution in [3.05, 3.63) is 42.2 Å². The number of benzene rings is 1. The van der Waals surface area contributed by atoms with Crippen molar-refractivity contribution in [2.24, 2.45) is 10.8 Å². The maximum atomic E-state index is 4.29. The van der Waals surface area contributed by atoms with Gasteiger partial charge in [-0.15, -0.1) is 0 Å². The Kier molecular flexibility index (Phi) is 2.23. The molecule has 0 amide bonds. The van der Waals surface area contributed by atoms with E-state index in [0.29, 0.717) is 10.8 Å². The second kappa shape index (κ2) is 3.69. The van der Waals surface area contributed by atoms with Crippen LogP contribution in [0.4, 0.5) is 5.69 Å².